The highest BCUT2D eigenvalue weighted by Gasteiger charge is 2.29. The summed E-state index contributed by atoms with van der Waals surface area (Å²) in [6.45, 7) is 0. The lowest BCUT2D eigenvalue weighted by molar-refractivity contribution is 1.73. The van der Waals surface area contributed by atoms with E-state index in [1.54, 1.807) is 0 Å². The van der Waals surface area contributed by atoms with Gasteiger partial charge < -0.3 is 0 Å². The molecule has 0 aromatic heterocycles. The quantitative estimate of drug-likeness (QED) is 0.0953. The van der Waals surface area contributed by atoms with Crippen molar-refractivity contribution in [2.75, 3.05) is 0 Å². The summed E-state index contributed by atoms with van der Waals surface area (Å²) in [5.41, 5.74) is 27.5. The van der Waals surface area contributed by atoms with Gasteiger partial charge in [0.05, 0.1) is 0 Å². The fraction of sp³-hybridized carbons (Fsp3) is 0. The lowest BCUT2D eigenvalue weighted by atomic mass is 9.57. The predicted octanol–water partition coefficient (Wildman–Crippen LogP) is -10.8. The zero-order valence-corrected chi connectivity index (χ0v) is 39.2. The van der Waals surface area contributed by atoms with Crippen molar-refractivity contribution in [2.45, 2.75) is 0 Å². The van der Waals surface area contributed by atoms with E-state index in [-0.39, 0.29) is 0 Å². The van der Waals surface area contributed by atoms with E-state index in [4.69, 9.17) is 0 Å². The van der Waals surface area contributed by atoms with Crippen LogP contribution in [-0.4, -0.2) is 110 Å². The Hall–Kier alpha value is -5.33. The van der Waals surface area contributed by atoms with Gasteiger partial charge in [-0.3, -0.25) is 0 Å². The van der Waals surface area contributed by atoms with Gasteiger partial charge in [0.2, 0.25) is 0 Å². The van der Waals surface area contributed by atoms with Crippen LogP contribution in [0.15, 0.2) is 97.1 Å². The Kier molecular flexibility index (Phi) is 9.60. The van der Waals surface area contributed by atoms with Crippen LogP contribution in [0.4, 0.5) is 0 Å². The molecule has 278 valence electrons. The molecular weight excluding hydrogens is 728 g/mol. The normalized spacial score (nSPS) is 11.8. The zero-order valence-electron chi connectivity index (χ0n) is 39.2. The van der Waals surface area contributed by atoms with Crippen LogP contribution < -0.4 is 76.5 Å². The largest absolute Gasteiger partial charge is 0.140 e. The van der Waals surface area contributed by atoms with Crippen molar-refractivity contribution >= 4 is 251 Å². The molecule has 0 aliphatic carbocycles. The van der Waals surface area contributed by atoms with Crippen LogP contribution in [0.2, 0.25) is 0 Å². The molecule has 0 N–H and O–H groups in total. The van der Waals surface area contributed by atoms with E-state index < -0.39 is 0 Å². The Morgan fingerprint density at radius 3 is 1.15 bits per heavy atom. The average Bonchev–Trinajstić information content (AvgIpc) is 3.28. The highest BCUT2D eigenvalue weighted by atomic mass is 14.3. The van der Waals surface area contributed by atoms with Gasteiger partial charge in [0.1, 0.15) is 110 Å². The summed E-state index contributed by atoms with van der Waals surface area (Å²) < 4.78 is 0. The van der Waals surface area contributed by atoms with Crippen molar-refractivity contribution in [3.05, 3.63) is 97.1 Å². The van der Waals surface area contributed by atoms with Gasteiger partial charge in [0.15, 0.2) is 0 Å². The third-order valence-electron chi connectivity index (χ3n) is 16.1. The topological polar surface area (TPSA) is 0 Å². The van der Waals surface area contributed by atoms with E-state index in [0.29, 0.717) is 0 Å². The van der Waals surface area contributed by atoms with Gasteiger partial charge in [0, 0.05) is 0 Å². The molecule has 0 spiro atoms. The van der Waals surface area contributed by atoms with Gasteiger partial charge >= 0.3 is 0 Å². The molecule has 10 aromatic rings. The third kappa shape index (κ3) is 5.47. The second kappa shape index (κ2) is 14.6. The molecule has 62 heavy (non-hydrogen) atoms. The standard InChI is InChI=1S/C48H44B14/c49-35-26(23-15-7-10-17-8-1-3-11-19(17)23)37(51)43(57)34-33(35)44(58)42(56)32(36(34)50)27-30-28(38(52)45(59)47(61)40(30)54)25(29-31(27)41(55)48(62)46(60)39(29)53)24-16-18-9-2-4-12-20(18)21-13-5-6-14-22(21)24/h1-16H,49-62H2. The molecule has 0 atom stereocenters. The number of benzene rings is 10. The fourth-order valence-corrected chi connectivity index (χ4v) is 12.0. The molecule has 14 heteroatoms. The van der Waals surface area contributed by atoms with Crippen LogP contribution in [0.5, 0.6) is 0 Å². The minimum Gasteiger partial charge on any atom is -0.101 e. The number of fused-ring (bicyclic) bond motifs is 7. The summed E-state index contributed by atoms with van der Waals surface area (Å²) in [4.78, 5) is 0. The minimum atomic E-state index is 1.28. The Balaban J connectivity index is 1.46. The van der Waals surface area contributed by atoms with E-state index in [9.17, 15) is 0 Å². The van der Waals surface area contributed by atoms with Crippen LogP contribution in [0.3, 0.4) is 0 Å². The van der Waals surface area contributed by atoms with Crippen molar-refractivity contribution in [3.8, 4) is 33.4 Å². The lowest BCUT2D eigenvalue weighted by Crippen LogP contribution is -2.50. The predicted molar refractivity (Wildman–Crippen MR) is 322 cm³/mol. The molecule has 10 rings (SSSR count). The van der Waals surface area contributed by atoms with Gasteiger partial charge in [-0.25, -0.2) is 0 Å². The minimum absolute atomic E-state index is 1.28. The molecule has 0 aliphatic rings. The van der Waals surface area contributed by atoms with Gasteiger partial charge in [-0.1, -0.05) is 146 Å². The molecule has 0 saturated heterocycles. The first-order chi connectivity index (χ1) is 29.7. The number of hydrogen-bond acceptors (Lipinski definition) is 0. The molecule has 0 nitrogen and oxygen atoms in total. The molecule has 0 bridgehead atoms. The number of hydrogen-bond donors (Lipinski definition) is 0. The Labute approximate surface area is 379 Å². The molecule has 0 unspecified atom stereocenters. The van der Waals surface area contributed by atoms with Crippen LogP contribution >= 0.6 is 0 Å². The van der Waals surface area contributed by atoms with Crippen LogP contribution in [-0.2, 0) is 0 Å². The van der Waals surface area contributed by atoms with Crippen molar-refractivity contribution < 1.29 is 0 Å². The maximum Gasteiger partial charge on any atom is 0.140 e. The van der Waals surface area contributed by atoms with Crippen LogP contribution in [0.25, 0.3) is 98.0 Å². The molecule has 0 saturated carbocycles. The third-order valence-corrected chi connectivity index (χ3v) is 16.1. The van der Waals surface area contributed by atoms with Crippen molar-refractivity contribution in [1.82, 2.24) is 0 Å². The second-order valence-corrected chi connectivity index (χ2v) is 18.7. The maximum atomic E-state index is 2.50. The highest BCUT2D eigenvalue weighted by molar-refractivity contribution is 6.73. The van der Waals surface area contributed by atoms with Gasteiger partial charge in [0.25, 0.3) is 0 Å². The highest BCUT2D eigenvalue weighted by Crippen LogP contribution is 2.44. The van der Waals surface area contributed by atoms with Crippen molar-refractivity contribution in [2.24, 2.45) is 0 Å². The first kappa shape index (κ1) is 40.7. The fourth-order valence-electron chi connectivity index (χ4n) is 12.0. The maximum absolute atomic E-state index is 2.50. The summed E-state index contributed by atoms with van der Waals surface area (Å²) in [5, 5.41) is 16.2. The Morgan fingerprint density at radius 1 is 0.210 bits per heavy atom. The molecule has 0 radical (unpaired) electrons. The average molecular weight is 772 g/mol. The number of rotatable bonds is 3. The first-order valence-corrected chi connectivity index (χ1v) is 22.6. The molecular formula is C48H44B14. The summed E-state index contributed by atoms with van der Waals surface area (Å²) >= 11 is 0. The summed E-state index contributed by atoms with van der Waals surface area (Å²) in [5.74, 6) is 0. The molecule has 0 fully saturated rings. The van der Waals surface area contributed by atoms with Gasteiger partial charge in [-0.15, -0.1) is 21.9 Å². The van der Waals surface area contributed by atoms with E-state index in [1.807, 2.05) is 0 Å². The first-order valence-electron chi connectivity index (χ1n) is 22.6. The second-order valence-electron chi connectivity index (χ2n) is 18.7. The summed E-state index contributed by atoms with van der Waals surface area (Å²) in [7, 11) is 33.4. The smallest absolute Gasteiger partial charge is 0.101 e. The molecule has 0 heterocycles. The van der Waals surface area contributed by atoms with Gasteiger partial charge in [-0.2, -0.15) is 0 Å². The van der Waals surface area contributed by atoms with E-state index >= 15 is 0 Å². The van der Waals surface area contributed by atoms with E-state index in [2.05, 4.69) is 207 Å². The van der Waals surface area contributed by atoms with Crippen molar-refractivity contribution in [3.63, 3.8) is 0 Å². The SMILES string of the molecule is Bc1c(-c2c3c(B)c(B)c(B)c(B)c3c(-c3cc4ccccc4c4ccccc34)c3c(B)c(B)c(B)c(B)c23)c(B)c2c(B)c(B)c(-c3cccc4ccccc34)c(B)c2c1B. The summed E-state index contributed by atoms with van der Waals surface area (Å²) in [6.07, 6.45) is 0. The van der Waals surface area contributed by atoms with Crippen molar-refractivity contribution in [1.29, 1.82) is 0 Å². The van der Waals surface area contributed by atoms with E-state index in [0.717, 1.165) is 0 Å². The molecule has 0 aliphatic heterocycles. The summed E-state index contributed by atoms with van der Waals surface area (Å²) in [6, 6.07) is 36.2. The lowest BCUT2D eigenvalue weighted by Gasteiger charge is -2.31. The van der Waals surface area contributed by atoms with Gasteiger partial charge in [-0.05, 0) is 104 Å². The van der Waals surface area contributed by atoms with Crippen LogP contribution in [0, 0.1) is 0 Å². The molecule has 10 aromatic carbocycles. The van der Waals surface area contributed by atoms with Crippen LogP contribution in [0.1, 0.15) is 0 Å². The molecule has 0 amide bonds. The Morgan fingerprint density at radius 2 is 0.597 bits per heavy atom. The monoisotopic (exact) mass is 774 g/mol. The van der Waals surface area contributed by atoms with E-state index in [1.165, 1.54) is 174 Å². The Bertz CT molecular complexity index is 3600. The zero-order chi connectivity index (χ0) is 43.8.